The minimum absolute atomic E-state index is 0.766. The Balaban J connectivity index is 1.78. The van der Waals surface area contributed by atoms with Gasteiger partial charge in [0.25, 0.3) is 0 Å². The van der Waals surface area contributed by atoms with Crippen molar-refractivity contribution in [2.24, 2.45) is 5.92 Å². The Bertz CT molecular complexity index is 695. The fraction of sp³-hybridized carbons (Fsp3) is 0.591. The van der Waals surface area contributed by atoms with Crippen molar-refractivity contribution >= 4 is 10.9 Å². The van der Waals surface area contributed by atoms with Crippen LogP contribution in [0.15, 0.2) is 30.3 Å². The van der Waals surface area contributed by atoms with Gasteiger partial charge in [-0.3, -0.25) is 4.90 Å². The van der Waals surface area contributed by atoms with Gasteiger partial charge in [-0.2, -0.15) is 0 Å². The minimum Gasteiger partial charge on any atom is -0.481 e. The predicted molar refractivity (Wildman–Crippen MR) is 109 cm³/mol. The highest BCUT2D eigenvalue weighted by atomic mass is 16.5. The van der Waals surface area contributed by atoms with Crippen molar-refractivity contribution in [3.63, 3.8) is 0 Å². The summed E-state index contributed by atoms with van der Waals surface area (Å²) in [6.45, 7) is 4.25. The Morgan fingerprint density at radius 3 is 2.58 bits per heavy atom. The summed E-state index contributed by atoms with van der Waals surface area (Å²) in [7, 11) is 6.03. The van der Waals surface area contributed by atoms with Crippen molar-refractivity contribution in [3.8, 4) is 5.88 Å². The lowest BCUT2D eigenvalue weighted by molar-refractivity contribution is 0.177. The second-order valence-corrected chi connectivity index (χ2v) is 7.89. The van der Waals surface area contributed by atoms with Gasteiger partial charge in [0.15, 0.2) is 0 Å². The van der Waals surface area contributed by atoms with Gasteiger partial charge in [0.05, 0.1) is 12.6 Å². The zero-order chi connectivity index (χ0) is 18.4. The first kappa shape index (κ1) is 19.1. The standard InChI is InChI=1S/C22H33N3O/c1-24(2)13-14-25(16-18-9-5-4-6-10-18)17-20-15-19-11-7-8-12-21(19)23-22(20)26-3/h7-8,11-12,15,18H,4-6,9-10,13-14,16-17H2,1-3H3. The molecule has 0 amide bonds. The number of hydrogen-bond donors (Lipinski definition) is 0. The maximum absolute atomic E-state index is 5.62. The Morgan fingerprint density at radius 1 is 1.08 bits per heavy atom. The molecule has 1 aliphatic carbocycles. The first-order valence-electron chi connectivity index (χ1n) is 9.95. The molecule has 0 atom stereocenters. The zero-order valence-corrected chi connectivity index (χ0v) is 16.6. The highest BCUT2D eigenvalue weighted by molar-refractivity contribution is 5.80. The number of methoxy groups -OCH3 is 1. The third-order valence-corrected chi connectivity index (χ3v) is 5.46. The van der Waals surface area contributed by atoms with Crippen LogP contribution in [0.2, 0.25) is 0 Å². The van der Waals surface area contributed by atoms with E-state index >= 15 is 0 Å². The average molecular weight is 356 g/mol. The van der Waals surface area contributed by atoms with Crippen molar-refractivity contribution in [1.82, 2.24) is 14.8 Å². The summed E-state index contributed by atoms with van der Waals surface area (Å²) in [6, 6.07) is 10.5. The molecule has 1 aromatic heterocycles. The second kappa shape index (κ2) is 9.33. The molecule has 0 spiro atoms. The highest BCUT2D eigenvalue weighted by Crippen LogP contribution is 2.27. The quantitative estimate of drug-likeness (QED) is 0.710. The lowest BCUT2D eigenvalue weighted by Crippen LogP contribution is -2.35. The van der Waals surface area contributed by atoms with Crippen LogP contribution in [0.5, 0.6) is 5.88 Å². The smallest absolute Gasteiger partial charge is 0.218 e. The third kappa shape index (κ3) is 5.18. The van der Waals surface area contributed by atoms with Crippen LogP contribution in [0.4, 0.5) is 0 Å². The van der Waals surface area contributed by atoms with E-state index in [2.05, 4.69) is 42.1 Å². The first-order chi connectivity index (χ1) is 12.7. The fourth-order valence-electron chi connectivity index (χ4n) is 3.98. The molecule has 1 aliphatic rings. The summed E-state index contributed by atoms with van der Waals surface area (Å²) in [6.07, 6.45) is 6.97. The molecule has 4 nitrogen and oxygen atoms in total. The molecule has 142 valence electrons. The second-order valence-electron chi connectivity index (χ2n) is 7.89. The van der Waals surface area contributed by atoms with E-state index < -0.39 is 0 Å². The molecule has 3 rings (SSSR count). The zero-order valence-electron chi connectivity index (χ0n) is 16.6. The summed E-state index contributed by atoms with van der Waals surface area (Å²) in [5.74, 6) is 1.60. The van der Waals surface area contributed by atoms with Gasteiger partial charge in [0, 0.05) is 37.1 Å². The van der Waals surface area contributed by atoms with Crippen LogP contribution >= 0.6 is 0 Å². The summed E-state index contributed by atoms with van der Waals surface area (Å²) < 4.78 is 5.62. The van der Waals surface area contributed by atoms with Crippen LogP contribution in [0.1, 0.15) is 37.7 Å². The lowest BCUT2D eigenvalue weighted by atomic mass is 9.89. The van der Waals surface area contributed by atoms with Crippen molar-refractivity contribution < 1.29 is 4.74 Å². The fourth-order valence-corrected chi connectivity index (χ4v) is 3.98. The lowest BCUT2D eigenvalue weighted by Gasteiger charge is -2.31. The Labute approximate surface area is 158 Å². The molecule has 1 fully saturated rings. The molecule has 26 heavy (non-hydrogen) atoms. The number of benzene rings is 1. The number of ether oxygens (including phenoxy) is 1. The van der Waals surface area contributed by atoms with Crippen molar-refractivity contribution in [3.05, 3.63) is 35.9 Å². The molecule has 0 aliphatic heterocycles. The summed E-state index contributed by atoms with van der Waals surface area (Å²) in [5.41, 5.74) is 2.20. The normalized spacial score (nSPS) is 15.9. The first-order valence-corrected chi connectivity index (χ1v) is 9.95. The average Bonchev–Trinajstić information content (AvgIpc) is 2.66. The Hall–Kier alpha value is -1.65. The number of rotatable bonds is 8. The number of aromatic nitrogens is 1. The van der Waals surface area contributed by atoms with Gasteiger partial charge in [-0.1, -0.05) is 37.5 Å². The van der Waals surface area contributed by atoms with Crippen molar-refractivity contribution in [1.29, 1.82) is 0 Å². The van der Waals surface area contributed by atoms with Gasteiger partial charge in [0.1, 0.15) is 0 Å². The summed E-state index contributed by atoms with van der Waals surface area (Å²) in [4.78, 5) is 9.60. The largest absolute Gasteiger partial charge is 0.481 e. The number of para-hydroxylation sites is 1. The van der Waals surface area contributed by atoms with Gasteiger partial charge in [0.2, 0.25) is 5.88 Å². The molecule has 0 unspecified atom stereocenters. The molecule has 0 radical (unpaired) electrons. The van der Waals surface area contributed by atoms with Crippen molar-refractivity contribution in [2.75, 3.05) is 40.8 Å². The van der Waals surface area contributed by atoms with Crippen LogP contribution in [0.3, 0.4) is 0 Å². The van der Waals surface area contributed by atoms with Gasteiger partial charge in [-0.05, 0) is 45.0 Å². The molecule has 4 heteroatoms. The molecular weight excluding hydrogens is 322 g/mol. The van der Waals surface area contributed by atoms with Crippen molar-refractivity contribution in [2.45, 2.75) is 38.6 Å². The molecule has 0 saturated heterocycles. The van der Waals surface area contributed by atoms with E-state index in [-0.39, 0.29) is 0 Å². The summed E-state index contributed by atoms with van der Waals surface area (Å²) in [5, 5.41) is 1.19. The third-order valence-electron chi connectivity index (χ3n) is 5.46. The van der Waals surface area contributed by atoms with E-state index in [4.69, 9.17) is 9.72 Å². The predicted octanol–water partition coefficient (Wildman–Crippen LogP) is 4.19. The molecule has 1 saturated carbocycles. The van der Waals surface area contributed by atoms with Crippen LogP contribution in [0.25, 0.3) is 10.9 Å². The number of hydrogen-bond acceptors (Lipinski definition) is 4. The molecule has 0 bridgehead atoms. The van der Waals surface area contributed by atoms with Gasteiger partial charge in [-0.25, -0.2) is 4.98 Å². The van der Waals surface area contributed by atoms with Crippen LogP contribution in [-0.2, 0) is 6.54 Å². The SMILES string of the molecule is COc1nc2ccccc2cc1CN(CCN(C)C)CC1CCCCC1. The van der Waals surface area contributed by atoms with Crippen LogP contribution in [0, 0.1) is 5.92 Å². The number of nitrogens with zero attached hydrogens (tertiary/aromatic N) is 3. The van der Waals surface area contributed by atoms with Crippen LogP contribution < -0.4 is 4.74 Å². The minimum atomic E-state index is 0.766. The molecule has 0 N–H and O–H groups in total. The van der Waals surface area contributed by atoms with E-state index in [0.717, 1.165) is 36.9 Å². The Kier molecular flexibility index (Phi) is 6.86. The molecule has 1 aromatic carbocycles. The van der Waals surface area contributed by atoms with E-state index in [9.17, 15) is 0 Å². The number of pyridine rings is 1. The number of fused-ring (bicyclic) bond motifs is 1. The summed E-state index contributed by atoms with van der Waals surface area (Å²) >= 11 is 0. The number of likely N-dealkylation sites (N-methyl/N-ethyl adjacent to an activating group) is 1. The van der Waals surface area contributed by atoms with E-state index in [0.29, 0.717) is 0 Å². The Morgan fingerprint density at radius 2 is 1.85 bits per heavy atom. The molecular formula is C22H33N3O. The van der Waals surface area contributed by atoms with E-state index in [1.54, 1.807) is 7.11 Å². The van der Waals surface area contributed by atoms with Gasteiger partial charge >= 0.3 is 0 Å². The van der Waals surface area contributed by atoms with E-state index in [1.807, 2.05) is 12.1 Å². The van der Waals surface area contributed by atoms with Crippen LogP contribution in [-0.4, -0.2) is 55.6 Å². The molecule has 1 heterocycles. The topological polar surface area (TPSA) is 28.6 Å². The van der Waals surface area contributed by atoms with E-state index in [1.165, 1.54) is 49.6 Å². The monoisotopic (exact) mass is 355 g/mol. The molecule has 2 aromatic rings. The maximum atomic E-state index is 5.62. The van der Waals surface area contributed by atoms with Gasteiger partial charge < -0.3 is 9.64 Å². The van der Waals surface area contributed by atoms with Gasteiger partial charge in [-0.15, -0.1) is 0 Å². The highest BCUT2D eigenvalue weighted by Gasteiger charge is 2.19. The maximum Gasteiger partial charge on any atom is 0.218 e.